The van der Waals surface area contributed by atoms with Crippen LogP contribution < -0.4 is 0 Å². The maximum Gasteiger partial charge on any atom is 0.305 e. The van der Waals surface area contributed by atoms with Crippen molar-refractivity contribution in [3.63, 3.8) is 0 Å². The van der Waals surface area contributed by atoms with E-state index in [2.05, 4.69) is 60.7 Å². The summed E-state index contributed by atoms with van der Waals surface area (Å²) in [5.41, 5.74) is 2.75. The molecule has 1 unspecified atom stereocenters. The summed E-state index contributed by atoms with van der Waals surface area (Å²) in [5, 5.41) is 0.586. The van der Waals surface area contributed by atoms with Crippen LogP contribution in [0.3, 0.4) is 0 Å². The first-order valence-electron chi connectivity index (χ1n) is 9.12. The maximum absolute atomic E-state index is 11.4. The van der Waals surface area contributed by atoms with Crippen LogP contribution in [-0.2, 0) is 21.0 Å². The zero-order valence-corrected chi connectivity index (χ0v) is 17.1. The Labute approximate surface area is 166 Å². The second-order valence-electron chi connectivity index (χ2n) is 6.21. The van der Waals surface area contributed by atoms with Gasteiger partial charge in [-0.2, -0.15) is 23.5 Å². The third-order valence-corrected chi connectivity index (χ3v) is 6.66. The average Bonchev–Trinajstić information content (AvgIpc) is 2.70. The van der Waals surface area contributed by atoms with Crippen molar-refractivity contribution >= 4 is 29.5 Å². The highest BCUT2D eigenvalue weighted by Crippen LogP contribution is 2.27. The molecule has 0 fully saturated rings. The van der Waals surface area contributed by atoms with Crippen molar-refractivity contribution in [3.8, 4) is 0 Å². The minimum absolute atomic E-state index is 0.102. The first-order valence-corrected chi connectivity index (χ1v) is 11.3. The lowest BCUT2D eigenvalue weighted by Gasteiger charge is -2.16. The lowest BCUT2D eigenvalue weighted by Crippen LogP contribution is -2.08. The minimum Gasteiger partial charge on any atom is -0.469 e. The number of hydrogen-bond acceptors (Lipinski definition) is 4. The summed E-state index contributed by atoms with van der Waals surface area (Å²) in [6.07, 6.45) is 3.67. The predicted octanol–water partition coefficient (Wildman–Crippen LogP) is 5.96. The predicted molar refractivity (Wildman–Crippen MR) is 115 cm³/mol. The molecule has 140 valence electrons. The van der Waals surface area contributed by atoms with Crippen LogP contribution in [0.5, 0.6) is 0 Å². The van der Waals surface area contributed by atoms with Crippen molar-refractivity contribution in [3.05, 3.63) is 71.8 Å². The summed E-state index contributed by atoms with van der Waals surface area (Å²) in [5.74, 6) is 3.15. The number of carbonyl (C=O) groups is 1. The molecule has 0 bridgehead atoms. The third kappa shape index (κ3) is 8.81. The molecule has 0 aliphatic carbocycles. The highest BCUT2D eigenvalue weighted by Gasteiger charge is 2.11. The normalized spacial score (nSPS) is 11.9. The van der Waals surface area contributed by atoms with Crippen molar-refractivity contribution in [1.82, 2.24) is 0 Å². The molecule has 0 aromatic heterocycles. The van der Waals surface area contributed by atoms with Gasteiger partial charge in [-0.1, -0.05) is 60.7 Å². The van der Waals surface area contributed by atoms with Crippen molar-refractivity contribution in [2.45, 2.75) is 42.4 Å². The fourth-order valence-electron chi connectivity index (χ4n) is 2.65. The summed E-state index contributed by atoms with van der Waals surface area (Å²) in [6, 6.07) is 21.2. The van der Waals surface area contributed by atoms with Crippen molar-refractivity contribution < 1.29 is 9.53 Å². The van der Waals surface area contributed by atoms with Crippen LogP contribution in [0.4, 0.5) is 0 Å². The van der Waals surface area contributed by atoms with Gasteiger partial charge >= 0.3 is 5.97 Å². The largest absolute Gasteiger partial charge is 0.469 e. The van der Waals surface area contributed by atoms with Gasteiger partial charge in [0.2, 0.25) is 0 Å². The maximum atomic E-state index is 11.4. The lowest BCUT2D eigenvalue weighted by atomic mass is 10.1. The molecule has 0 radical (unpaired) electrons. The van der Waals surface area contributed by atoms with Gasteiger partial charge in [0, 0.05) is 23.2 Å². The minimum atomic E-state index is -0.102. The van der Waals surface area contributed by atoms with Gasteiger partial charge in [0.05, 0.1) is 7.11 Å². The number of hydrogen-bond donors (Lipinski definition) is 0. The molecule has 0 amide bonds. The first-order chi connectivity index (χ1) is 12.8. The number of methoxy groups -OCH3 is 1. The molecule has 0 saturated heterocycles. The number of benzene rings is 2. The van der Waals surface area contributed by atoms with Gasteiger partial charge in [-0.05, 0) is 36.1 Å². The summed E-state index contributed by atoms with van der Waals surface area (Å²) in [6.45, 7) is 0. The summed E-state index contributed by atoms with van der Waals surface area (Å²) in [7, 11) is 1.46. The Balaban J connectivity index is 1.74. The summed E-state index contributed by atoms with van der Waals surface area (Å²) in [4.78, 5) is 11.4. The van der Waals surface area contributed by atoms with Crippen LogP contribution in [-0.4, -0.2) is 24.1 Å². The number of thioether (sulfide) groups is 2. The van der Waals surface area contributed by atoms with Gasteiger partial charge in [0.15, 0.2) is 0 Å². The van der Waals surface area contributed by atoms with Crippen molar-refractivity contribution in [1.29, 1.82) is 0 Å². The SMILES string of the molecule is COC(=O)CCCC(CCSCc1ccccc1)SCc1ccccc1. The van der Waals surface area contributed by atoms with Gasteiger partial charge in [-0.25, -0.2) is 0 Å². The molecule has 2 aromatic carbocycles. The van der Waals surface area contributed by atoms with E-state index in [4.69, 9.17) is 4.74 Å². The number of ether oxygens (including phenoxy) is 1. The van der Waals surface area contributed by atoms with Crippen LogP contribution in [0, 0.1) is 0 Å². The van der Waals surface area contributed by atoms with Crippen LogP contribution in [0.2, 0.25) is 0 Å². The average molecular weight is 389 g/mol. The van der Waals surface area contributed by atoms with E-state index in [0.717, 1.165) is 30.1 Å². The second-order valence-corrected chi connectivity index (χ2v) is 8.61. The number of esters is 1. The smallest absolute Gasteiger partial charge is 0.305 e. The molecular formula is C22H28O2S2. The Morgan fingerprint density at radius 2 is 1.54 bits per heavy atom. The molecule has 1 atom stereocenters. The molecular weight excluding hydrogens is 360 g/mol. The lowest BCUT2D eigenvalue weighted by molar-refractivity contribution is -0.140. The Kier molecular flexibility index (Phi) is 10.4. The third-order valence-electron chi connectivity index (χ3n) is 4.16. The second kappa shape index (κ2) is 12.9. The molecule has 2 rings (SSSR count). The Morgan fingerprint density at radius 3 is 2.15 bits per heavy atom. The monoisotopic (exact) mass is 388 g/mol. The zero-order chi connectivity index (χ0) is 18.5. The standard InChI is InChI=1S/C22H28O2S2/c1-24-22(23)14-8-13-21(26-18-20-11-6-3-7-12-20)15-16-25-17-19-9-4-2-5-10-19/h2-7,9-12,21H,8,13-18H2,1H3. The first kappa shape index (κ1) is 20.9. The van der Waals surface area contributed by atoms with E-state index in [0.29, 0.717) is 11.7 Å². The van der Waals surface area contributed by atoms with Crippen molar-refractivity contribution in [2.75, 3.05) is 12.9 Å². The summed E-state index contributed by atoms with van der Waals surface area (Å²) >= 11 is 4.01. The molecule has 0 saturated carbocycles. The number of carbonyl (C=O) groups excluding carboxylic acids is 1. The van der Waals surface area contributed by atoms with E-state index in [9.17, 15) is 4.79 Å². The fraction of sp³-hybridized carbons (Fsp3) is 0.409. The van der Waals surface area contributed by atoms with Crippen LogP contribution in [0.1, 0.15) is 36.8 Å². The quantitative estimate of drug-likeness (QED) is 0.331. The molecule has 0 N–H and O–H groups in total. The highest BCUT2D eigenvalue weighted by molar-refractivity contribution is 7.99. The van der Waals surface area contributed by atoms with E-state index in [1.165, 1.54) is 24.7 Å². The molecule has 0 aliphatic rings. The zero-order valence-electron chi connectivity index (χ0n) is 15.4. The molecule has 2 aromatic rings. The summed E-state index contributed by atoms with van der Waals surface area (Å²) < 4.78 is 4.76. The van der Waals surface area contributed by atoms with Crippen LogP contribution in [0.25, 0.3) is 0 Å². The van der Waals surface area contributed by atoms with Gasteiger partial charge in [-0.3, -0.25) is 4.79 Å². The van der Waals surface area contributed by atoms with Crippen LogP contribution >= 0.6 is 23.5 Å². The molecule has 4 heteroatoms. The number of rotatable bonds is 12. The van der Waals surface area contributed by atoms with Gasteiger partial charge in [0.1, 0.15) is 0 Å². The van der Waals surface area contributed by atoms with Crippen molar-refractivity contribution in [2.24, 2.45) is 0 Å². The Hall–Kier alpha value is -1.39. The van der Waals surface area contributed by atoms with E-state index in [-0.39, 0.29) is 5.97 Å². The van der Waals surface area contributed by atoms with E-state index >= 15 is 0 Å². The van der Waals surface area contributed by atoms with E-state index in [1.807, 2.05) is 23.5 Å². The molecule has 0 aliphatic heterocycles. The highest BCUT2D eigenvalue weighted by atomic mass is 32.2. The van der Waals surface area contributed by atoms with E-state index < -0.39 is 0 Å². The molecule has 0 heterocycles. The topological polar surface area (TPSA) is 26.3 Å². The van der Waals surface area contributed by atoms with Gasteiger partial charge < -0.3 is 4.74 Å². The van der Waals surface area contributed by atoms with E-state index in [1.54, 1.807) is 0 Å². The Bertz CT molecular complexity index is 617. The molecule has 26 heavy (non-hydrogen) atoms. The van der Waals surface area contributed by atoms with Gasteiger partial charge in [0.25, 0.3) is 0 Å². The Morgan fingerprint density at radius 1 is 0.923 bits per heavy atom. The molecule has 0 spiro atoms. The van der Waals surface area contributed by atoms with Gasteiger partial charge in [-0.15, -0.1) is 0 Å². The fourth-order valence-corrected chi connectivity index (χ4v) is 5.07. The van der Waals surface area contributed by atoms with Crippen LogP contribution in [0.15, 0.2) is 60.7 Å². The molecule has 2 nitrogen and oxygen atoms in total.